The molecule has 0 aliphatic carbocycles. The van der Waals surface area contributed by atoms with Gasteiger partial charge in [-0.15, -0.1) is 0 Å². The molecule has 0 saturated heterocycles. The zero-order chi connectivity index (χ0) is 0. The van der Waals surface area contributed by atoms with Gasteiger partial charge in [0.1, 0.15) is 0 Å². The molecule has 0 aliphatic heterocycles. The van der Waals surface area contributed by atoms with Crippen molar-refractivity contribution in [2.24, 2.45) is 0 Å². The summed E-state index contributed by atoms with van der Waals surface area (Å²) < 4.78 is 0. The first-order valence-electron chi connectivity index (χ1n) is 0. The van der Waals surface area contributed by atoms with E-state index in [2.05, 4.69) is 0 Å². The first-order chi connectivity index (χ1) is 0. The molecule has 0 fully saturated rings. The van der Waals surface area contributed by atoms with Crippen molar-refractivity contribution in [1.29, 1.82) is 0 Å². The van der Waals surface area contributed by atoms with Gasteiger partial charge in [0.15, 0.2) is 0 Å². The van der Waals surface area contributed by atoms with Gasteiger partial charge < -0.3 is 5.48 Å². The molecule has 1 N–H and O–H groups in total. The summed E-state index contributed by atoms with van der Waals surface area (Å²) in [5, 5.41) is 0. The monoisotopic (exact) mass is 583 g/mol. The first-order valence-corrected chi connectivity index (χ1v) is 0. The molecule has 0 heterocycles. The predicted octanol–water partition coefficient (Wildman–Crippen LogP) is -2.02. The largest absolute Gasteiger partial charge is 0.870 e. The molecule has 0 rings (SSSR count). The van der Waals surface area contributed by atoms with Gasteiger partial charge in [0.05, 0.1) is 0 Å². The van der Waals surface area contributed by atoms with Gasteiger partial charge >= 0.3 is 75.1 Å². The molecule has 6 heteroatoms. The molecule has 0 unspecified atom stereocenters. The van der Waals surface area contributed by atoms with Crippen LogP contribution in [0.5, 0.6) is 0 Å². The average molecular weight is 581 g/mol. The van der Waals surface area contributed by atoms with Gasteiger partial charge in [-0.3, -0.25) is 0 Å². The SMILES string of the molecule is [BaH+].[BiH3].[Co].[Mo].[Ni].[OH-]. The maximum absolute atomic E-state index is 0. The summed E-state index contributed by atoms with van der Waals surface area (Å²) in [5.41, 5.74) is 0. The van der Waals surface area contributed by atoms with E-state index in [4.69, 9.17) is 0 Å². The Morgan fingerprint density at radius 3 is 1.00 bits per heavy atom. The van der Waals surface area contributed by atoms with Gasteiger partial charge in [0.25, 0.3) is 0 Å². The minimum atomic E-state index is 0. The maximum atomic E-state index is 0. The van der Waals surface area contributed by atoms with Crippen LogP contribution in [0.4, 0.5) is 0 Å². The Hall–Kier alpha value is 4.10. The molecule has 0 aliphatic rings. The van der Waals surface area contributed by atoms with E-state index < -0.39 is 0 Å². The van der Waals surface area contributed by atoms with E-state index in [1.165, 1.54) is 0 Å². The van der Waals surface area contributed by atoms with E-state index >= 15 is 0 Å². The summed E-state index contributed by atoms with van der Waals surface area (Å²) in [4.78, 5) is 0. The summed E-state index contributed by atoms with van der Waals surface area (Å²) in [6.45, 7) is 0. The number of hydrogen-bond acceptors (Lipinski definition) is 1. The molecule has 43 valence electrons. The summed E-state index contributed by atoms with van der Waals surface area (Å²) in [6, 6.07) is 0. The van der Waals surface area contributed by atoms with Gasteiger partial charge in [-0.25, -0.2) is 0 Å². The second-order valence-corrected chi connectivity index (χ2v) is 0. The fourth-order valence-corrected chi connectivity index (χ4v) is 0. The van der Waals surface area contributed by atoms with Crippen molar-refractivity contribution in [3.05, 3.63) is 0 Å². The third kappa shape index (κ3) is 24.3. The van der Waals surface area contributed by atoms with E-state index in [9.17, 15) is 0 Å². The molecule has 0 aromatic heterocycles. The van der Waals surface area contributed by atoms with Crippen molar-refractivity contribution in [2.75, 3.05) is 0 Å². The van der Waals surface area contributed by atoms with Crippen molar-refractivity contribution >= 4 is 75.1 Å². The fourth-order valence-electron chi connectivity index (χ4n) is 0. The summed E-state index contributed by atoms with van der Waals surface area (Å²) >= 11 is 0. The average Bonchev–Trinajstić information content (AvgIpc) is 0. The predicted molar refractivity (Wildman–Crippen MR) is 19.0 cm³/mol. The summed E-state index contributed by atoms with van der Waals surface area (Å²) in [5.74, 6) is 0. The molecule has 0 saturated carbocycles. The van der Waals surface area contributed by atoms with Crippen LogP contribution in [0.3, 0.4) is 0 Å². The number of hydrogen-bond donors (Lipinski definition) is 0. The Balaban J connectivity index is 0. The van der Waals surface area contributed by atoms with E-state index in [1.807, 2.05) is 0 Å². The van der Waals surface area contributed by atoms with Gasteiger partial charge in [0.2, 0.25) is 0 Å². The Morgan fingerprint density at radius 2 is 1.00 bits per heavy atom. The fraction of sp³-hybridized carbons (Fsp3) is 0. The van der Waals surface area contributed by atoms with Crippen LogP contribution in [-0.4, -0.2) is 80.6 Å². The molecular weight excluding hydrogens is 576 g/mol. The maximum Gasteiger partial charge on any atom is 0 e. The third-order valence-electron chi connectivity index (χ3n) is 0. The molecule has 0 amide bonds. The third-order valence-corrected chi connectivity index (χ3v) is 0. The van der Waals surface area contributed by atoms with E-state index in [1.54, 1.807) is 0 Å². The molecular formula is H5BaBiCoMoNiO. The van der Waals surface area contributed by atoms with E-state index in [-0.39, 0.29) is 135 Å². The number of rotatable bonds is 0. The van der Waals surface area contributed by atoms with Crippen LogP contribution in [0.25, 0.3) is 0 Å². The molecule has 6 heavy (non-hydrogen) atoms. The first kappa shape index (κ1) is 49.7. The minimum Gasteiger partial charge on any atom is -0.870 e. The van der Waals surface area contributed by atoms with Crippen molar-refractivity contribution in [3.63, 3.8) is 0 Å². The van der Waals surface area contributed by atoms with Gasteiger partial charge in [-0.05, 0) is 0 Å². The zero-order valence-corrected chi connectivity index (χ0v) is 19.0. The molecule has 0 bridgehead atoms. The molecule has 1 radical (unpaired) electrons. The van der Waals surface area contributed by atoms with Crippen LogP contribution in [0.1, 0.15) is 0 Å². The van der Waals surface area contributed by atoms with Crippen molar-refractivity contribution in [2.45, 2.75) is 0 Å². The van der Waals surface area contributed by atoms with Crippen LogP contribution in [0, 0.1) is 0 Å². The van der Waals surface area contributed by atoms with Crippen molar-refractivity contribution < 1.29 is 59.8 Å². The van der Waals surface area contributed by atoms with Crippen LogP contribution in [-0.2, 0) is 54.3 Å². The standard InChI is InChI=1S/Ba.Bi.Co.Mo.Ni.H2O.4H/h;;;;;1H2;;;;/q+1;;;;;;;;;/p-1. The molecule has 0 aromatic carbocycles. The molecule has 0 atom stereocenters. The van der Waals surface area contributed by atoms with Crippen LogP contribution in [0.15, 0.2) is 0 Å². The second-order valence-electron chi connectivity index (χ2n) is 0. The van der Waals surface area contributed by atoms with Gasteiger partial charge in [-0.2, -0.15) is 0 Å². The quantitative estimate of drug-likeness (QED) is 0.305. The Kier molecular flexibility index (Phi) is 294. The van der Waals surface area contributed by atoms with Crippen LogP contribution in [0.2, 0.25) is 0 Å². The smallest absolute Gasteiger partial charge is 0 e. The van der Waals surface area contributed by atoms with Crippen molar-refractivity contribution in [3.8, 4) is 0 Å². The van der Waals surface area contributed by atoms with Crippen molar-refractivity contribution in [1.82, 2.24) is 0 Å². The molecule has 1 nitrogen and oxygen atoms in total. The zero-order valence-electron chi connectivity index (χ0n) is 3.21. The van der Waals surface area contributed by atoms with E-state index in [0.717, 1.165) is 0 Å². The Labute approximate surface area is 131 Å². The molecule has 0 spiro atoms. The van der Waals surface area contributed by atoms with E-state index in [0.29, 0.717) is 0 Å². The summed E-state index contributed by atoms with van der Waals surface area (Å²) in [7, 11) is 0. The minimum absolute atomic E-state index is 0. The molecule has 0 aromatic rings. The van der Waals surface area contributed by atoms with Crippen LogP contribution >= 0.6 is 0 Å². The topological polar surface area (TPSA) is 30.0 Å². The Bertz CT molecular complexity index is 15.5. The van der Waals surface area contributed by atoms with Gasteiger partial charge in [0, 0.05) is 54.3 Å². The van der Waals surface area contributed by atoms with Crippen LogP contribution < -0.4 is 0 Å². The van der Waals surface area contributed by atoms with Gasteiger partial charge in [-0.1, -0.05) is 0 Å². The summed E-state index contributed by atoms with van der Waals surface area (Å²) in [6.07, 6.45) is 0. The Morgan fingerprint density at radius 1 is 1.00 bits per heavy atom. The second kappa shape index (κ2) is 35.5. The normalized spacial score (nSPS) is 0.